The summed E-state index contributed by atoms with van der Waals surface area (Å²) in [6.45, 7) is 6.14. The Bertz CT molecular complexity index is 276. The van der Waals surface area contributed by atoms with Gasteiger partial charge in [0.05, 0.1) is 6.42 Å². The van der Waals surface area contributed by atoms with Gasteiger partial charge in [-0.1, -0.05) is 0 Å². The summed E-state index contributed by atoms with van der Waals surface area (Å²) < 4.78 is 0. The largest absolute Gasteiger partial charge is 0.481 e. The lowest BCUT2D eigenvalue weighted by Crippen LogP contribution is -2.46. The highest BCUT2D eigenvalue weighted by Crippen LogP contribution is 2.33. The smallest absolute Gasteiger partial charge is 0.305 e. The summed E-state index contributed by atoms with van der Waals surface area (Å²) >= 11 is 0. The van der Waals surface area contributed by atoms with Gasteiger partial charge in [0.25, 0.3) is 0 Å². The van der Waals surface area contributed by atoms with Crippen molar-refractivity contribution in [1.29, 1.82) is 0 Å². The first kappa shape index (κ1) is 13.0. The summed E-state index contributed by atoms with van der Waals surface area (Å²) in [7, 11) is 0. The summed E-state index contributed by atoms with van der Waals surface area (Å²) in [6.07, 6.45) is 2.88. The van der Waals surface area contributed by atoms with Crippen molar-refractivity contribution in [2.75, 3.05) is 6.54 Å². The van der Waals surface area contributed by atoms with Gasteiger partial charge in [-0.3, -0.25) is 9.59 Å². The van der Waals surface area contributed by atoms with Crippen LogP contribution >= 0.6 is 0 Å². The predicted octanol–water partition coefficient (Wildman–Crippen LogP) is 1.89. The van der Waals surface area contributed by atoms with Crippen molar-refractivity contribution in [1.82, 2.24) is 4.90 Å². The Balaban J connectivity index is 2.54. The molecule has 1 rings (SSSR count). The molecule has 0 bridgehead atoms. The van der Waals surface area contributed by atoms with Crippen LogP contribution in [0.2, 0.25) is 0 Å². The second-order valence-electron chi connectivity index (χ2n) is 5.51. The molecule has 0 saturated heterocycles. The summed E-state index contributed by atoms with van der Waals surface area (Å²) in [6, 6.07) is 0. The third-order valence-electron chi connectivity index (χ3n) is 2.82. The monoisotopic (exact) mass is 227 g/mol. The number of amides is 1. The van der Waals surface area contributed by atoms with Gasteiger partial charge >= 0.3 is 5.97 Å². The van der Waals surface area contributed by atoms with Crippen molar-refractivity contribution >= 4 is 11.9 Å². The van der Waals surface area contributed by atoms with Gasteiger partial charge in [0.2, 0.25) is 5.91 Å². The van der Waals surface area contributed by atoms with Gasteiger partial charge < -0.3 is 10.0 Å². The molecule has 0 aliphatic heterocycles. The standard InChI is InChI=1S/C12H21NO3/c1-12(2,3)13(7-6-11(15)16)10(14)8-9-4-5-9/h9H,4-8H2,1-3H3,(H,15,16). The zero-order chi connectivity index (χ0) is 12.3. The van der Waals surface area contributed by atoms with Crippen LogP contribution in [0.25, 0.3) is 0 Å². The highest BCUT2D eigenvalue weighted by Gasteiger charge is 2.31. The van der Waals surface area contributed by atoms with Crippen LogP contribution in [0.4, 0.5) is 0 Å². The molecule has 92 valence electrons. The molecule has 1 aliphatic rings. The molecule has 0 aromatic heterocycles. The topological polar surface area (TPSA) is 57.6 Å². The Morgan fingerprint density at radius 2 is 1.88 bits per heavy atom. The zero-order valence-electron chi connectivity index (χ0n) is 10.3. The van der Waals surface area contributed by atoms with Crippen LogP contribution in [0.3, 0.4) is 0 Å². The van der Waals surface area contributed by atoms with E-state index < -0.39 is 5.97 Å². The van der Waals surface area contributed by atoms with Crippen molar-refractivity contribution in [2.45, 2.75) is 52.0 Å². The summed E-state index contributed by atoms with van der Waals surface area (Å²) in [4.78, 5) is 24.2. The Morgan fingerprint density at radius 1 is 1.31 bits per heavy atom. The molecule has 0 radical (unpaired) electrons. The fourth-order valence-electron chi connectivity index (χ4n) is 1.72. The van der Waals surface area contributed by atoms with E-state index in [1.54, 1.807) is 4.90 Å². The maximum Gasteiger partial charge on any atom is 0.305 e. The Morgan fingerprint density at radius 3 is 2.25 bits per heavy atom. The van der Waals surface area contributed by atoms with Crippen molar-refractivity contribution in [3.8, 4) is 0 Å². The Hall–Kier alpha value is -1.06. The highest BCUT2D eigenvalue weighted by atomic mass is 16.4. The van der Waals surface area contributed by atoms with Gasteiger partial charge in [-0.05, 0) is 39.5 Å². The van der Waals surface area contributed by atoms with Crippen LogP contribution < -0.4 is 0 Å². The second-order valence-corrected chi connectivity index (χ2v) is 5.51. The van der Waals surface area contributed by atoms with E-state index in [4.69, 9.17) is 5.11 Å². The first-order valence-electron chi connectivity index (χ1n) is 5.83. The third kappa shape index (κ3) is 4.21. The van der Waals surface area contributed by atoms with Crippen LogP contribution in [0.1, 0.15) is 46.5 Å². The minimum atomic E-state index is -0.853. The normalized spacial score (nSPS) is 15.9. The summed E-state index contributed by atoms with van der Waals surface area (Å²) in [5.41, 5.74) is -0.290. The molecule has 1 aliphatic carbocycles. The molecule has 1 amide bonds. The molecule has 1 saturated carbocycles. The molecule has 16 heavy (non-hydrogen) atoms. The minimum Gasteiger partial charge on any atom is -0.481 e. The molecule has 1 N–H and O–H groups in total. The molecule has 0 spiro atoms. The molecule has 4 nitrogen and oxygen atoms in total. The van der Waals surface area contributed by atoms with Crippen LogP contribution in [-0.4, -0.2) is 34.0 Å². The first-order chi connectivity index (χ1) is 7.30. The van der Waals surface area contributed by atoms with E-state index in [9.17, 15) is 9.59 Å². The van der Waals surface area contributed by atoms with E-state index in [0.29, 0.717) is 18.9 Å². The van der Waals surface area contributed by atoms with Gasteiger partial charge in [0.1, 0.15) is 0 Å². The minimum absolute atomic E-state index is 0.0215. The molecule has 4 heteroatoms. The number of carboxylic acid groups (broad SMARTS) is 1. The van der Waals surface area contributed by atoms with Crippen molar-refractivity contribution in [2.24, 2.45) is 5.92 Å². The maximum absolute atomic E-state index is 12.0. The molecule has 0 aromatic carbocycles. The average Bonchev–Trinajstić information content (AvgIpc) is 2.84. The first-order valence-corrected chi connectivity index (χ1v) is 5.83. The number of aliphatic carboxylic acids is 1. The van der Waals surface area contributed by atoms with Gasteiger partial charge in [0.15, 0.2) is 0 Å². The molecular weight excluding hydrogens is 206 g/mol. The van der Waals surface area contributed by atoms with Crippen LogP contribution in [0.5, 0.6) is 0 Å². The van der Waals surface area contributed by atoms with E-state index in [1.807, 2.05) is 20.8 Å². The number of nitrogens with zero attached hydrogens (tertiary/aromatic N) is 1. The summed E-state index contributed by atoms with van der Waals surface area (Å²) in [5.74, 6) is -0.216. The van der Waals surface area contributed by atoms with E-state index in [-0.39, 0.29) is 17.9 Å². The number of carbonyl (C=O) groups is 2. The molecular formula is C12H21NO3. The van der Waals surface area contributed by atoms with Crippen LogP contribution in [0.15, 0.2) is 0 Å². The molecule has 0 unspecified atom stereocenters. The summed E-state index contributed by atoms with van der Waals surface area (Å²) in [5, 5.41) is 8.67. The van der Waals surface area contributed by atoms with Gasteiger partial charge in [0, 0.05) is 18.5 Å². The quantitative estimate of drug-likeness (QED) is 0.780. The number of rotatable bonds is 5. The number of carbonyl (C=O) groups excluding carboxylic acids is 1. The Kier molecular flexibility index (Phi) is 3.94. The van der Waals surface area contributed by atoms with Gasteiger partial charge in [-0.25, -0.2) is 0 Å². The lowest BCUT2D eigenvalue weighted by atomic mass is 10.0. The number of carboxylic acids is 1. The molecule has 0 heterocycles. The van der Waals surface area contributed by atoms with E-state index in [2.05, 4.69) is 0 Å². The number of hydrogen-bond acceptors (Lipinski definition) is 2. The van der Waals surface area contributed by atoms with Gasteiger partial charge in [-0.2, -0.15) is 0 Å². The molecule has 1 fully saturated rings. The SMILES string of the molecule is CC(C)(C)N(CCC(=O)O)C(=O)CC1CC1. The van der Waals surface area contributed by atoms with Crippen molar-refractivity contribution < 1.29 is 14.7 Å². The molecule has 0 atom stereocenters. The fraction of sp³-hybridized carbons (Fsp3) is 0.833. The van der Waals surface area contributed by atoms with E-state index in [1.165, 1.54) is 0 Å². The molecule has 0 aromatic rings. The van der Waals surface area contributed by atoms with Crippen molar-refractivity contribution in [3.63, 3.8) is 0 Å². The number of hydrogen-bond donors (Lipinski definition) is 1. The van der Waals surface area contributed by atoms with E-state index >= 15 is 0 Å². The zero-order valence-corrected chi connectivity index (χ0v) is 10.3. The van der Waals surface area contributed by atoms with E-state index in [0.717, 1.165) is 12.8 Å². The van der Waals surface area contributed by atoms with Crippen molar-refractivity contribution in [3.05, 3.63) is 0 Å². The van der Waals surface area contributed by atoms with Gasteiger partial charge in [-0.15, -0.1) is 0 Å². The second kappa shape index (κ2) is 4.85. The Labute approximate surface area is 96.6 Å². The predicted molar refractivity (Wildman–Crippen MR) is 61.1 cm³/mol. The van der Waals surface area contributed by atoms with Crippen LogP contribution in [-0.2, 0) is 9.59 Å². The lowest BCUT2D eigenvalue weighted by molar-refractivity contribution is -0.140. The average molecular weight is 227 g/mol. The van der Waals surface area contributed by atoms with Crippen LogP contribution in [0, 0.1) is 5.92 Å². The maximum atomic E-state index is 12.0. The third-order valence-corrected chi connectivity index (χ3v) is 2.82. The highest BCUT2D eigenvalue weighted by molar-refractivity contribution is 5.78. The lowest BCUT2D eigenvalue weighted by Gasteiger charge is -2.35. The fourth-order valence-corrected chi connectivity index (χ4v) is 1.72.